The minimum atomic E-state index is -1.36. The van der Waals surface area contributed by atoms with Crippen LogP contribution in [0, 0.1) is 0 Å². The molecule has 2 aliphatic heterocycles. The van der Waals surface area contributed by atoms with E-state index in [-0.39, 0.29) is 39.2 Å². The largest absolute Gasteiger partial charge is 0.478 e. The number of imide groups is 2. The second kappa shape index (κ2) is 11.2. The maximum absolute atomic E-state index is 14.4. The molecule has 2 aliphatic rings. The summed E-state index contributed by atoms with van der Waals surface area (Å²) < 4.78 is 0. The van der Waals surface area contributed by atoms with Gasteiger partial charge < -0.3 is 5.11 Å². The molecule has 0 fully saturated rings. The first kappa shape index (κ1) is 29.9. The molecule has 0 bridgehead atoms. The van der Waals surface area contributed by atoms with Gasteiger partial charge in [-0.25, -0.2) is 14.6 Å². The topological polar surface area (TPSA) is 112 Å². The standard InChI is InChI=1S/C43H24N2O6/c46-39-33-21-26-15-7-9-17-31(26)35(24-11-3-1-4-12-24)37(33)41(48)44(39)29-19-28(43(50)51)20-30(23-29)45-40(47)34-22-27-16-8-10-18-32(27)36(38(34)42(45)49)25-13-5-2-6-14-25/h1-23H,(H,50,51). The van der Waals surface area contributed by atoms with Crippen molar-refractivity contribution in [3.63, 3.8) is 0 Å². The molecule has 2 heterocycles. The van der Waals surface area contributed by atoms with Gasteiger partial charge in [-0.3, -0.25) is 19.2 Å². The highest BCUT2D eigenvalue weighted by molar-refractivity contribution is 6.40. The van der Waals surface area contributed by atoms with Crippen LogP contribution in [0.15, 0.2) is 140 Å². The fraction of sp³-hybridized carbons (Fsp3) is 0. The molecule has 0 spiro atoms. The van der Waals surface area contributed by atoms with E-state index >= 15 is 0 Å². The van der Waals surface area contributed by atoms with Gasteiger partial charge in [0.2, 0.25) is 0 Å². The van der Waals surface area contributed by atoms with Crippen molar-refractivity contribution in [2.24, 2.45) is 0 Å². The van der Waals surface area contributed by atoms with E-state index in [9.17, 15) is 29.1 Å². The summed E-state index contributed by atoms with van der Waals surface area (Å²) in [7, 11) is 0. The van der Waals surface area contributed by atoms with Gasteiger partial charge in [-0.05, 0) is 63.0 Å². The first-order valence-electron chi connectivity index (χ1n) is 16.2. The van der Waals surface area contributed by atoms with Crippen molar-refractivity contribution in [3.8, 4) is 22.3 Å². The number of carboxylic acids is 1. The van der Waals surface area contributed by atoms with E-state index in [0.717, 1.165) is 42.5 Å². The predicted molar refractivity (Wildman–Crippen MR) is 194 cm³/mol. The molecule has 0 saturated carbocycles. The maximum Gasteiger partial charge on any atom is 0.335 e. The summed E-state index contributed by atoms with van der Waals surface area (Å²) in [5.74, 6) is -3.95. The zero-order valence-electron chi connectivity index (χ0n) is 26.7. The van der Waals surface area contributed by atoms with E-state index in [4.69, 9.17) is 0 Å². The van der Waals surface area contributed by atoms with Crippen LogP contribution in [-0.4, -0.2) is 34.7 Å². The van der Waals surface area contributed by atoms with Crippen molar-refractivity contribution in [1.82, 2.24) is 0 Å². The minimum Gasteiger partial charge on any atom is -0.478 e. The summed E-state index contributed by atoms with van der Waals surface area (Å²) in [6.45, 7) is 0. The highest BCUT2D eigenvalue weighted by Gasteiger charge is 2.43. The van der Waals surface area contributed by atoms with Crippen LogP contribution in [0.5, 0.6) is 0 Å². The molecule has 0 aromatic heterocycles. The Hall–Kier alpha value is -7.19. The Morgan fingerprint density at radius 3 is 1.24 bits per heavy atom. The third kappa shape index (κ3) is 4.43. The monoisotopic (exact) mass is 664 g/mol. The molecular formula is C43H24N2O6. The van der Waals surface area contributed by atoms with Gasteiger partial charge >= 0.3 is 5.97 Å². The number of aromatic carboxylic acids is 1. The van der Waals surface area contributed by atoms with Gasteiger partial charge in [-0.1, -0.05) is 109 Å². The Bertz CT molecular complexity index is 2530. The van der Waals surface area contributed by atoms with Crippen molar-refractivity contribution in [2.45, 2.75) is 0 Å². The molecule has 7 aromatic rings. The molecule has 1 N–H and O–H groups in total. The molecule has 0 radical (unpaired) electrons. The lowest BCUT2D eigenvalue weighted by molar-refractivity contribution is 0.0694. The second-order valence-electron chi connectivity index (χ2n) is 12.5. The predicted octanol–water partition coefficient (Wildman–Crippen LogP) is 8.63. The summed E-state index contributed by atoms with van der Waals surface area (Å²) in [4.78, 5) is 71.6. The average Bonchev–Trinajstić information content (AvgIpc) is 3.56. The van der Waals surface area contributed by atoms with Crippen LogP contribution in [0.3, 0.4) is 0 Å². The van der Waals surface area contributed by atoms with Gasteiger partial charge in [0.05, 0.1) is 39.2 Å². The normalized spacial score (nSPS) is 13.7. The quantitative estimate of drug-likeness (QED) is 0.184. The molecule has 4 amide bonds. The van der Waals surface area contributed by atoms with Crippen molar-refractivity contribution in [3.05, 3.63) is 167 Å². The van der Waals surface area contributed by atoms with Crippen LogP contribution in [-0.2, 0) is 0 Å². The number of carbonyl (C=O) groups is 5. The van der Waals surface area contributed by atoms with E-state index in [0.29, 0.717) is 11.1 Å². The van der Waals surface area contributed by atoms with Crippen molar-refractivity contribution < 1.29 is 29.1 Å². The van der Waals surface area contributed by atoms with Crippen LogP contribution in [0.2, 0.25) is 0 Å². The summed E-state index contributed by atoms with van der Waals surface area (Å²) in [5.41, 5.74) is 2.88. The second-order valence-corrected chi connectivity index (χ2v) is 12.5. The number of anilines is 2. The number of carbonyl (C=O) groups excluding carboxylic acids is 4. The summed E-state index contributed by atoms with van der Waals surface area (Å²) >= 11 is 0. The van der Waals surface area contributed by atoms with Crippen LogP contribution in [0.25, 0.3) is 43.8 Å². The Balaban J connectivity index is 1.21. The van der Waals surface area contributed by atoms with E-state index < -0.39 is 29.6 Å². The van der Waals surface area contributed by atoms with E-state index in [1.807, 2.05) is 109 Å². The van der Waals surface area contributed by atoms with Crippen molar-refractivity contribution in [1.29, 1.82) is 0 Å². The van der Waals surface area contributed by atoms with E-state index in [2.05, 4.69) is 0 Å². The lowest BCUT2D eigenvalue weighted by atomic mass is 9.90. The number of nitrogens with zero attached hydrogens (tertiary/aromatic N) is 2. The molecular weight excluding hydrogens is 640 g/mol. The Morgan fingerprint density at radius 1 is 0.431 bits per heavy atom. The summed E-state index contributed by atoms with van der Waals surface area (Å²) in [6.07, 6.45) is 0. The van der Waals surface area contributed by atoms with E-state index in [1.54, 1.807) is 12.1 Å². The van der Waals surface area contributed by atoms with Crippen LogP contribution < -0.4 is 9.80 Å². The number of rotatable bonds is 5. The molecule has 8 heteroatoms. The molecule has 51 heavy (non-hydrogen) atoms. The number of hydrogen-bond acceptors (Lipinski definition) is 5. The van der Waals surface area contributed by atoms with Crippen LogP contribution >= 0.6 is 0 Å². The van der Waals surface area contributed by atoms with Crippen molar-refractivity contribution >= 4 is 62.5 Å². The minimum absolute atomic E-state index is 0.0795. The first-order chi connectivity index (χ1) is 24.8. The van der Waals surface area contributed by atoms with Gasteiger partial charge in [-0.2, -0.15) is 0 Å². The number of benzene rings is 7. The Morgan fingerprint density at radius 2 is 0.824 bits per heavy atom. The third-order valence-corrected chi connectivity index (χ3v) is 9.59. The molecule has 0 atom stereocenters. The molecule has 0 unspecified atom stereocenters. The number of carboxylic acid groups (broad SMARTS) is 1. The zero-order valence-corrected chi connectivity index (χ0v) is 26.7. The van der Waals surface area contributed by atoms with Crippen LogP contribution in [0.4, 0.5) is 11.4 Å². The molecule has 242 valence electrons. The fourth-order valence-corrected chi connectivity index (χ4v) is 7.38. The lowest BCUT2D eigenvalue weighted by Crippen LogP contribution is -2.32. The zero-order chi connectivity index (χ0) is 35.0. The third-order valence-electron chi connectivity index (χ3n) is 9.59. The Labute approximate surface area is 290 Å². The van der Waals surface area contributed by atoms with Gasteiger partial charge in [0.1, 0.15) is 0 Å². The molecule has 7 aromatic carbocycles. The number of hydrogen-bond donors (Lipinski definition) is 1. The lowest BCUT2D eigenvalue weighted by Gasteiger charge is -2.20. The van der Waals surface area contributed by atoms with Crippen LogP contribution in [0.1, 0.15) is 51.8 Å². The molecule has 0 saturated heterocycles. The average molecular weight is 665 g/mol. The highest BCUT2D eigenvalue weighted by Crippen LogP contribution is 2.44. The maximum atomic E-state index is 14.4. The summed E-state index contributed by atoms with van der Waals surface area (Å²) in [5, 5.41) is 13.3. The van der Waals surface area contributed by atoms with Gasteiger partial charge in [0.15, 0.2) is 0 Å². The first-order valence-corrected chi connectivity index (χ1v) is 16.2. The fourth-order valence-electron chi connectivity index (χ4n) is 7.38. The molecule has 0 aliphatic carbocycles. The SMILES string of the molecule is O=C(O)c1cc(N2C(=O)c3cc4ccccc4c(-c4ccccc4)c3C2=O)cc(N2C(=O)c3cc4ccccc4c(-c4ccccc4)c3C2=O)c1. The Kier molecular flexibility index (Phi) is 6.56. The van der Waals surface area contributed by atoms with E-state index in [1.165, 1.54) is 18.2 Å². The summed E-state index contributed by atoms with van der Waals surface area (Å²) in [6, 6.07) is 40.5. The number of amides is 4. The molecule has 8 nitrogen and oxygen atoms in total. The molecule has 9 rings (SSSR count). The van der Waals surface area contributed by atoms with Gasteiger partial charge in [0, 0.05) is 11.1 Å². The van der Waals surface area contributed by atoms with Crippen molar-refractivity contribution in [2.75, 3.05) is 9.80 Å². The van der Waals surface area contributed by atoms with Gasteiger partial charge in [-0.15, -0.1) is 0 Å². The smallest absolute Gasteiger partial charge is 0.335 e. The highest BCUT2D eigenvalue weighted by atomic mass is 16.4. The number of fused-ring (bicyclic) bond motifs is 4. The van der Waals surface area contributed by atoms with Gasteiger partial charge in [0.25, 0.3) is 23.6 Å².